The lowest BCUT2D eigenvalue weighted by atomic mass is 10.3. The second-order valence-electron chi connectivity index (χ2n) is 4.56. The van der Waals surface area contributed by atoms with Crippen LogP contribution < -0.4 is 5.32 Å². The van der Waals surface area contributed by atoms with Gasteiger partial charge in [0.1, 0.15) is 0 Å². The molecule has 0 saturated heterocycles. The Bertz CT molecular complexity index is 474. The monoisotopic (exact) mass is 294 g/mol. The average molecular weight is 294 g/mol. The molecular weight excluding hydrogens is 272 g/mol. The highest BCUT2D eigenvalue weighted by atomic mass is 32.1. The largest absolute Gasteiger partial charge is 0.395 e. The summed E-state index contributed by atoms with van der Waals surface area (Å²) in [5.74, 6) is 5.99. The van der Waals surface area contributed by atoms with Gasteiger partial charge in [-0.1, -0.05) is 18.8 Å². The van der Waals surface area contributed by atoms with Crippen LogP contribution in [0.4, 0.5) is 0 Å². The van der Waals surface area contributed by atoms with Crippen molar-refractivity contribution in [3.63, 3.8) is 0 Å². The van der Waals surface area contributed by atoms with Gasteiger partial charge in [0.2, 0.25) is 5.91 Å². The second-order valence-corrected chi connectivity index (χ2v) is 5.73. The van der Waals surface area contributed by atoms with Crippen LogP contribution in [0.2, 0.25) is 0 Å². The van der Waals surface area contributed by atoms with Crippen LogP contribution in [-0.4, -0.2) is 42.7 Å². The minimum Gasteiger partial charge on any atom is -0.395 e. The Hall–Kier alpha value is -1.35. The van der Waals surface area contributed by atoms with E-state index in [1.54, 1.807) is 11.3 Å². The van der Waals surface area contributed by atoms with Gasteiger partial charge in [-0.25, -0.2) is 0 Å². The third kappa shape index (κ3) is 6.71. The lowest BCUT2D eigenvalue weighted by Crippen LogP contribution is -2.35. The van der Waals surface area contributed by atoms with Crippen LogP contribution in [0, 0.1) is 11.8 Å². The van der Waals surface area contributed by atoms with Gasteiger partial charge in [0.15, 0.2) is 0 Å². The number of carbonyl (C=O) groups is 1. The van der Waals surface area contributed by atoms with Crippen LogP contribution in [-0.2, 0) is 11.3 Å². The third-order valence-electron chi connectivity index (χ3n) is 2.52. The molecule has 4 nitrogen and oxygen atoms in total. The number of thiophene rings is 1. The number of aliphatic hydroxyl groups is 1. The lowest BCUT2D eigenvalue weighted by Gasteiger charge is -2.14. The number of amides is 1. The Morgan fingerprint density at radius 1 is 1.50 bits per heavy atom. The number of likely N-dealkylation sites (N-methyl/N-ethyl adjacent to an activating group) is 1. The third-order valence-corrected chi connectivity index (χ3v) is 3.51. The van der Waals surface area contributed by atoms with Crippen molar-refractivity contribution in [2.75, 3.05) is 26.7 Å². The molecule has 0 aliphatic carbocycles. The highest BCUT2D eigenvalue weighted by molar-refractivity contribution is 7.12. The van der Waals surface area contributed by atoms with E-state index in [0.29, 0.717) is 13.0 Å². The first-order valence-electron chi connectivity index (χ1n) is 6.79. The summed E-state index contributed by atoms with van der Waals surface area (Å²) in [5.41, 5.74) is 0. The zero-order chi connectivity index (χ0) is 14.8. The molecule has 0 aliphatic heterocycles. The van der Waals surface area contributed by atoms with E-state index < -0.39 is 0 Å². The van der Waals surface area contributed by atoms with Gasteiger partial charge in [-0.3, -0.25) is 9.69 Å². The van der Waals surface area contributed by atoms with Crippen LogP contribution >= 0.6 is 11.3 Å². The number of hydrogen-bond acceptors (Lipinski definition) is 4. The normalized spacial score (nSPS) is 10.2. The van der Waals surface area contributed by atoms with Crippen molar-refractivity contribution in [2.45, 2.75) is 26.3 Å². The number of carbonyl (C=O) groups excluding carboxylic acids is 1. The van der Waals surface area contributed by atoms with Gasteiger partial charge in [-0.05, 0) is 25.6 Å². The van der Waals surface area contributed by atoms with Crippen LogP contribution in [0.25, 0.3) is 0 Å². The van der Waals surface area contributed by atoms with Crippen molar-refractivity contribution in [3.05, 3.63) is 21.9 Å². The second kappa shape index (κ2) is 9.54. The minimum absolute atomic E-state index is 0.0638. The summed E-state index contributed by atoms with van der Waals surface area (Å²) in [6.07, 6.45) is 1.46. The van der Waals surface area contributed by atoms with E-state index in [9.17, 15) is 4.79 Å². The summed E-state index contributed by atoms with van der Waals surface area (Å²) in [7, 11) is 1.93. The topological polar surface area (TPSA) is 52.6 Å². The van der Waals surface area contributed by atoms with E-state index in [1.807, 2.05) is 31.0 Å². The van der Waals surface area contributed by atoms with E-state index >= 15 is 0 Å². The predicted molar refractivity (Wildman–Crippen MR) is 82.5 cm³/mol. The Labute approximate surface area is 124 Å². The van der Waals surface area contributed by atoms with Crippen molar-refractivity contribution >= 4 is 17.2 Å². The van der Waals surface area contributed by atoms with Gasteiger partial charge in [0.25, 0.3) is 0 Å². The molecule has 1 rings (SSSR count). The van der Waals surface area contributed by atoms with Crippen LogP contribution in [0.1, 0.15) is 29.5 Å². The summed E-state index contributed by atoms with van der Waals surface area (Å²) in [5, 5.41) is 11.5. The Morgan fingerprint density at radius 3 is 3.00 bits per heavy atom. The van der Waals surface area contributed by atoms with E-state index in [-0.39, 0.29) is 12.5 Å². The van der Waals surface area contributed by atoms with E-state index in [1.165, 1.54) is 4.88 Å². The molecule has 0 fully saturated rings. The van der Waals surface area contributed by atoms with Gasteiger partial charge >= 0.3 is 0 Å². The predicted octanol–water partition coefficient (Wildman–Crippen LogP) is 1.44. The molecule has 0 spiro atoms. The van der Waals surface area contributed by atoms with E-state index in [4.69, 9.17) is 5.11 Å². The van der Waals surface area contributed by atoms with Crippen molar-refractivity contribution in [1.82, 2.24) is 10.2 Å². The van der Waals surface area contributed by atoms with Crippen LogP contribution in [0.3, 0.4) is 0 Å². The molecule has 1 aromatic heterocycles. The van der Waals surface area contributed by atoms with Crippen molar-refractivity contribution in [1.29, 1.82) is 0 Å². The molecule has 110 valence electrons. The lowest BCUT2D eigenvalue weighted by molar-refractivity contribution is -0.122. The standard InChI is InChI=1S/C15H22N2O2S/c1-3-9-16-15(19)12-17(2)11-14-8-7-13(20-14)6-4-5-10-18/h7-8,18H,3,5,9-12H2,1-2H3,(H,16,19). The number of nitrogens with zero attached hydrogens (tertiary/aromatic N) is 1. The first-order valence-corrected chi connectivity index (χ1v) is 7.61. The molecule has 0 unspecified atom stereocenters. The summed E-state index contributed by atoms with van der Waals surface area (Å²) < 4.78 is 0. The fraction of sp³-hybridized carbons (Fsp3) is 0.533. The highest BCUT2D eigenvalue weighted by Gasteiger charge is 2.07. The molecular formula is C15H22N2O2S. The Morgan fingerprint density at radius 2 is 2.30 bits per heavy atom. The molecule has 0 aliphatic rings. The van der Waals surface area contributed by atoms with Gasteiger partial charge in [0.05, 0.1) is 18.0 Å². The molecule has 0 atom stereocenters. The van der Waals surface area contributed by atoms with Gasteiger partial charge in [-0.15, -0.1) is 11.3 Å². The van der Waals surface area contributed by atoms with Gasteiger partial charge < -0.3 is 10.4 Å². The zero-order valence-electron chi connectivity index (χ0n) is 12.1. The Kier molecular flexibility index (Phi) is 7.97. The maximum Gasteiger partial charge on any atom is 0.234 e. The van der Waals surface area contributed by atoms with E-state index in [2.05, 4.69) is 17.2 Å². The highest BCUT2D eigenvalue weighted by Crippen LogP contribution is 2.16. The SMILES string of the molecule is CCCNC(=O)CN(C)Cc1ccc(C#CCCO)s1. The fourth-order valence-electron chi connectivity index (χ4n) is 1.62. The molecule has 20 heavy (non-hydrogen) atoms. The number of hydrogen-bond donors (Lipinski definition) is 2. The molecule has 1 amide bonds. The molecule has 2 N–H and O–H groups in total. The summed E-state index contributed by atoms with van der Waals surface area (Å²) in [4.78, 5) is 15.8. The van der Waals surface area contributed by atoms with Crippen molar-refractivity contribution in [3.8, 4) is 11.8 Å². The maximum atomic E-state index is 11.6. The number of aliphatic hydroxyl groups excluding tert-OH is 1. The van der Waals surface area contributed by atoms with Gasteiger partial charge in [0, 0.05) is 24.4 Å². The molecule has 0 aromatic carbocycles. The molecule has 5 heteroatoms. The Balaban J connectivity index is 2.40. The summed E-state index contributed by atoms with van der Waals surface area (Å²) >= 11 is 1.63. The minimum atomic E-state index is 0.0638. The molecule has 0 bridgehead atoms. The van der Waals surface area contributed by atoms with Crippen molar-refractivity contribution in [2.24, 2.45) is 0 Å². The van der Waals surface area contributed by atoms with Crippen LogP contribution in [0.15, 0.2) is 12.1 Å². The number of nitrogens with one attached hydrogen (secondary N) is 1. The molecule has 1 aromatic rings. The molecule has 0 radical (unpaired) electrons. The van der Waals surface area contributed by atoms with Crippen molar-refractivity contribution < 1.29 is 9.90 Å². The number of rotatable bonds is 7. The van der Waals surface area contributed by atoms with Gasteiger partial charge in [-0.2, -0.15) is 0 Å². The summed E-state index contributed by atoms with van der Waals surface area (Å²) in [6, 6.07) is 4.02. The maximum absolute atomic E-state index is 11.6. The fourth-order valence-corrected chi connectivity index (χ4v) is 2.59. The first kappa shape index (κ1) is 16.7. The molecule has 1 heterocycles. The average Bonchev–Trinajstić information content (AvgIpc) is 2.84. The smallest absolute Gasteiger partial charge is 0.234 e. The van der Waals surface area contributed by atoms with Crippen LogP contribution in [0.5, 0.6) is 0 Å². The molecule has 0 saturated carbocycles. The first-order chi connectivity index (χ1) is 9.65. The van der Waals surface area contributed by atoms with E-state index in [0.717, 1.165) is 24.4 Å². The summed E-state index contributed by atoms with van der Waals surface area (Å²) in [6.45, 7) is 4.02. The zero-order valence-corrected chi connectivity index (χ0v) is 12.9. The quantitative estimate of drug-likeness (QED) is 0.748.